The molecule has 2 N–H and O–H groups in total. The van der Waals surface area contributed by atoms with Gasteiger partial charge in [-0.3, -0.25) is 4.79 Å². The van der Waals surface area contributed by atoms with Crippen molar-refractivity contribution in [2.75, 3.05) is 19.3 Å². The number of nitrogens with zero attached hydrogens (tertiary/aromatic N) is 1. The lowest BCUT2D eigenvalue weighted by molar-refractivity contribution is 0.0706. The Bertz CT molecular complexity index is 878. The fourth-order valence-electron chi connectivity index (χ4n) is 3.39. The highest BCUT2D eigenvalue weighted by Crippen LogP contribution is 2.23. The molecular weight excluding hydrogens is 326 g/mol. The van der Waals surface area contributed by atoms with Crippen LogP contribution in [0, 0.1) is 13.8 Å². The van der Waals surface area contributed by atoms with Gasteiger partial charge in [0.15, 0.2) is 0 Å². The van der Waals surface area contributed by atoms with Crippen LogP contribution < -0.4 is 4.72 Å². The number of rotatable bonds is 3. The summed E-state index contributed by atoms with van der Waals surface area (Å²) in [6, 6.07) is 5.97. The minimum atomic E-state index is -3.20. The Balaban J connectivity index is 1.73. The first-order chi connectivity index (χ1) is 11.2. The third-order valence-electron chi connectivity index (χ3n) is 4.48. The molecule has 0 spiro atoms. The molecule has 7 heteroatoms. The number of piperidine rings is 1. The number of aryl methyl sites for hydroxylation is 2. The second kappa shape index (κ2) is 6.22. The summed E-state index contributed by atoms with van der Waals surface area (Å²) >= 11 is 0. The predicted molar refractivity (Wildman–Crippen MR) is 94.7 cm³/mol. The number of hydrogen-bond acceptors (Lipinski definition) is 3. The van der Waals surface area contributed by atoms with E-state index < -0.39 is 10.0 Å². The maximum Gasteiger partial charge on any atom is 0.270 e. The van der Waals surface area contributed by atoms with Crippen LogP contribution in [0.1, 0.15) is 34.5 Å². The summed E-state index contributed by atoms with van der Waals surface area (Å²) in [4.78, 5) is 17.7. The van der Waals surface area contributed by atoms with Crippen LogP contribution in [0.15, 0.2) is 18.2 Å². The van der Waals surface area contributed by atoms with Crippen LogP contribution in [0.3, 0.4) is 0 Å². The number of aromatic amines is 1. The third kappa shape index (κ3) is 3.62. The molecule has 2 aromatic rings. The highest BCUT2D eigenvalue weighted by atomic mass is 32.2. The molecule has 1 aliphatic heterocycles. The first-order valence-electron chi connectivity index (χ1n) is 8.09. The first-order valence-corrected chi connectivity index (χ1v) is 9.98. The van der Waals surface area contributed by atoms with Crippen LogP contribution in [0.5, 0.6) is 0 Å². The van der Waals surface area contributed by atoms with E-state index in [4.69, 9.17) is 0 Å². The van der Waals surface area contributed by atoms with Crippen molar-refractivity contribution < 1.29 is 13.2 Å². The average Bonchev–Trinajstić information content (AvgIpc) is 2.90. The lowest BCUT2D eigenvalue weighted by atomic mass is 10.1. The van der Waals surface area contributed by atoms with Crippen LogP contribution in [-0.4, -0.2) is 49.6 Å². The van der Waals surface area contributed by atoms with Gasteiger partial charge in [0.05, 0.1) is 6.26 Å². The molecule has 24 heavy (non-hydrogen) atoms. The zero-order valence-electron chi connectivity index (χ0n) is 14.2. The fourth-order valence-corrected chi connectivity index (χ4v) is 4.23. The van der Waals surface area contributed by atoms with Gasteiger partial charge in [-0.1, -0.05) is 6.07 Å². The molecule has 1 fully saturated rings. The van der Waals surface area contributed by atoms with E-state index in [-0.39, 0.29) is 11.9 Å². The molecule has 1 aromatic carbocycles. The molecular formula is C17H23N3O3S. The van der Waals surface area contributed by atoms with E-state index >= 15 is 0 Å². The van der Waals surface area contributed by atoms with Crippen LogP contribution in [0.25, 0.3) is 10.9 Å². The summed E-state index contributed by atoms with van der Waals surface area (Å²) in [7, 11) is -3.20. The molecule has 130 valence electrons. The number of amides is 1. The number of fused-ring (bicyclic) bond motifs is 1. The topological polar surface area (TPSA) is 82.3 Å². The molecule has 0 bridgehead atoms. The number of aromatic nitrogens is 1. The number of hydrogen-bond donors (Lipinski definition) is 2. The second-order valence-electron chi connectivity index (χ2n) is 6.68. The molecule has 1 amide bonds. The maximum atomic E-state index is 12.7. The van der Waals surface area contributed by atoms with Crippen molar-refractivity contribution in [2.45, 2.75) is 32.7 Å². The zero-order chi connectivity index (χ0) is 17.5. The minimum absolute atomic E-state index is 0.0268. The van der Waals surface area contributed by atoms with E-state index in [1.807, 2.05) is 26.0 Å². The van der Waals surface area contributed by atoms with Crippen molar-refractivity contribution in [3.8, 4) is 0 Å². The van der Waals surface area contributed by atoms with Crippen molar-refractivity contribution in [1.82, 2.24) is 14.6 Å². The fraction of sp³-hybridized carbons (Fsp3) is 0.471. The van der Waals surface area contributed by atoms with Crippen LogP contribution in [-0.2, 0) is 10.0 Å². The van der Waals surface area contributed by atoms with Crippen molar-refractivity contribution in [2.24, 2.45) is 0 Å². The summed E-state index contributed by atoms with van der Waals surface area (Å²) in [5.41, 5.74) is 3.88. The Morgan fingerprint density at radius 3 is 2.50 bits per heavy atom. The van der Waals surface area contributed by atoms with E-state index in [9.17, 15) is 13.2 Å². The number of sulfonamides is 1. The van der Waals surface area contributed by atoms with E-state index in [0.29, 0.717) is 31.6 Å². The minimum Gasteiger partial charge on any atom is -0.351 e. The Kier molecular flexibility index (Phi) is 4.40. The van der Waals surface area contributed by atoms with Gasteiger partial charge in [-0.25, -0.2) is 13.1 Å². The molecule has 1 saturated heterocycles. The van der Waals surface area contributed by atoms with E-state index in [0.717, 1.165) is 22.0 Å². The SMILES string of the molecule is Cc1cc(C)c2cc(C(=O)N3CCC(NS(C)(=O)=O)CC3)[nH]c2c1. The molecule has 3 rings (SSSR count). The predicted octanol–water partition coefficient (Wildman–Crippen LogP) is 1.94. The molecule has 0 radical (unpaired) electrons. The third-order valence-corrected chi connectivity index (χ3v) is 5.24. The van der Waals surface area contributed by atoms with Crippen molar-refractivity contribution in [3.63, 3.8) is 0 Å². The van der Waals surface area contributed by atoms with Crippen LogP contribution >= 0.6 is 0 Å². The quantitative estimate of drug-likeness (QED) is 0.888. The molecule has 6 nitrogen and oxygen atoms in total. The van der Waals surface area contributed by atoms with Gasteiger partial charge in [-0.05, 0) is 49.9 Å². The number of likely N-dealkylation sites (tertiary alicyclic amines) is 1. The zero-order valence-corrected chi connectivity index (χ0v) is 15.0. The summed E-state index contributed by atoms with van der Waals surface area (Å²) in [6.07, 6.45) is 2.44. The molecule has 2 heterocycles. The molecule has 0 aliphatic carbocycles. The molecule has 1 aliphatic rings. The van der Waals surface area contributed by atoms with Gasteiger partial charge >= 0.3 is 0 Å². The Morgan fingerprint density at radius 2 is 1.88 bits per heavy atom. The normalized spacial score (nSPS) is 16.7. The van der Waals surface area contributed by atoms with Crippen molar-refractivity contribution >= 4 is 26.8 Å². The molecule has 0 saturated carbocycles. The monoisotopic (exact) mass is 349 g/mol. The smallest absolute Gasteiger partial charge is 0.270 e. The summed E-state index contributed by atoms with van der Waals surface area (Å²) in [5.74, 6) is -0.0268. The summed E-state index contributed by atoms with van der Waals surface area (Å²) < 4.78 is 25.2. The van der Waals surface area contributed by atoms with E-state index in [1.165, 1.54) is 6.26 Å². The van der Waals surface area contributed by atoms with Crippen LogP contribution in [0.2, 0.25) is 0 Å². The molecule has 0 unspecified atom stereocenters. The van der Waals surface area contributed by atoms with Gasteiger partial charge < -0.3 is 9.88 Å². The summed E-state index contributed by atoms with van der Waals surface area (Å²) in [5, 5.41) is 1.07. The Hall–Kier alpha value is -1.86. The standard InChI is InChI=1S/C17H23N3O3S/c1-11-8-12(2)14-10-16(18-15(14)9-11)17(21)20-6-4-13(5-7-20)19-24(3,22)23/h8-10,13,18-19H,4-7H2,1-3H3. The second-order valence-corrected chi connectivity index (χ2v) is 8.46. The number of H-pyrrole nitrogens is 1. The number of carbonyl (C=O) groups is 1. The summed E-state index contributed by atoms with van der Waals surface area (Å²) in [6.45, 7) is 5.19. The van der Waals surface area contributed by atoms with Gasteiger partial charge in [-0.2, -0.15) is 0 Å². The lowest BCUT2D eigenvalue weighted by Gasteiger charge is -2.31. The van der Waals surface area contributed by atoms with E-state index in [1.54, 1.807) is 4.90 Å². The van der Waals surface area contributed by atoms with Crippen molar-refractivity contribution in [1.29, 1.82) is 0 Å². The molecule has 1 aromatic heterocycles. The van der Waals surface area contributed by atoms with Gasteiger partial charge in [-0.15, -0.1) is 0 Å². The van der Waals surface area contributed by atoms with Gasteiger partial charge in [0, 0.05) is 30.0 Å². The number of carbonyl (C=O) groups excluding carboxylic acids is 1. The highest BCUT2D eigenvalue weighted by molar-refractivity contribution is 7.88. The highest BCUT2D eigenvalue weighted by Gasteiger charge is 2.26. The average molecular weight is 349 g/mol. The molecule has 0 atom stereocenters. The van der Waals surface area contributed by atoms with Crippen molar-refractivity contribution in [3.05, 3.63) is 35.0 Å². The van der Waals surface area contributed by atoms with Crippen LogP contribution in [0.4, 0.5) is 0 Å². The van der Waals surface area contributed by atoms with Gasteiger partial charge in [0.25, 0.3) is 5.91 Å². The maximum absolute atomic E-state index is 12.7. The van der Waals surface area contributed by atoms with Gasteiger partial charge in [0.2, 0.25) is 10.0 Å². The van der Waals surface area contributed by atoms with Gasteiger partial charge in [0.1, 0.15) is 5.69 Å². The Labute approximate surface area is 142 Å². The number of nitrogens with one attached hydrogen (secondary N) is 2. The number of benzene rings is 1. The largest absolute Gasteiger partial charge is 0.351 e. The van der Waals surface area contributed by atoms with E-state index in [2.05, 4.69) is 15.8 Å². The first kappa shape index (κ1) is 17.0. The Morgan fingerprint density at radius 1 is 1.21 bits per heavy atom. The lowest BCUT2D eigenvalue weighted by Crippen LogP contribution is -2.46.